The molecule has 166 valence electrons. The number of ether oxygens (including phenoxy) is 1. The summed E-state index contributed by atoms with van der Waals surface area (Å²) < 4.78 is 5.34. The molecule has 2 aliphatic heterocycles. The standard InChI is InChI=1S/C22H34N4O4/c1-3-30-20-6-5-18(15-23-20)21(28)26-11-4-9-22(29,10-14-26)16-25-12-7-19(8-13-25)24-17(2)27/h5-6,15,19,29H,3-4,7-14,16H2,1-2H3,(H,24,27)/t22-/m1/s1. The van der Waals surface area contributed by atoms with Crippen LogP contribution in [-0.2, 0) is 4.79 Å². The summed E-state index contributed by atoms with van der Waals surface area (Å²) in [4.78, 5) is 32.4. The number of hydrogen-bond donors (Lipinski definition) is 2. The van der Waals surface area contributed by atoms with Crippen molar-refractivity contribution in [1.82, 2.24) is 20.1 Å². The second-order valence-electron chi connectivity index (χ2n) is 8.44. The first-order valence-corrected chi connectivity index (χ1v) is 11.0. The van der Waals surface area contributed by atoms with Gasteiger partial charge in [-0.05, 0) is 45.1 Å². The molecule has 1 aromatic heterocycles. The van der Waals surface area contributed by atoms with E-state index in [0.29, 0.717) is 50.5 Å². The molecule has 0 aliphatic carbocycles. The van der Waals surface area contributed by atoms with Crippen molar-refractivity contribution in [3.8, 4) is 5.88 Å². The third-order valence-corrected chi connectivity index (χ3v) is 5.99. The molecule has 2 amide bonds. The van der Waals surface area contributed by atoms with Gasteiger partial charge in [0.25, 0.3) is 5.91 Å². The molecule has 0 radical (unpaired) electrons. The molecule has 1 atom stereocenters. The Morgan fingerprint density at radius 2 is 2.00 bits per heavy atom. The predicted molar refractivity (Wildman–Crippen MR) is 113 cm³/mol. The van der Waals surface area contributed by atoms with Crippen LogP contribution in [-0.4, -0.2) is 82.7 Å². The van der Waals surface area contributed by atoms with E-state index in [4.69, 9.17) is 4.74 Å². The van der Waals surface area contributed by atoms with Crippen LogP contribution in [0.5, 0.6) is 5.88 Å². The number of carbonyl (C=O) groups excluding carboxylic acids is 2. The number of aliphatic hydroxyl groups is 1. The van der Waals surface area contributed by atoms with Gasteiger partial charge >= 0.3 is 0 Å². The van der Waals surface area contributed by atoms with E-state index in [0.717, 1.165) is 32.4 Å². The van der Waals surface area contributed by atoms with Crippen molar-refractivity contribution >= 4 is 11.8 Å². The number of nitrogens with zero attached hydrogens (tertiary/aromatic N) is 3. The number of rotatable bonds is 6. The Bertz CT molecular complexity index is 718. The number of pyridine rings is 1. The summed E-state index contributed by atoms with van der Waals surface area (Å²) in [7, 11) is 0. The average Bonchev–Trinajstić information content (AvgIpc) is 2.91. The molecule has 2 fully saturated rings. The maximum Gasteiger partial charge on any atom is 0.255 e. The summed E-state index contributed by atoms with van der Waals surface area (Å²) in [6, 6.07) is 3.70. The minimum atomic E-state index is -0.785. The van der Waals surface area contributed by atoms with E-state index in [1.165, 1.54) is 0 Å². The normalized spacial score (nSPS) is 23.6. The Kier molecular flexibility index (Phi) is 7.66. The van der Waals surface area contributed by atoms with Gasteiger partial charge in [-0.2, -0.15) is 0 Å². The summed E-state index contributed by atoms with van der Waals surface area (Å²) in [6.07, 6.45) is 5.40. The van der Waals surface area contributed by atoms with Gasteiger partial charge in [-0.3, -0.25) is 9.59 Å². The molecule has 2 aliphatic rings. The van der Waals surface area contributed by atoms with E-state index in [-0.39, 0.29) is 17.9 Å². The van der Waals surface area contributed by atoms with Crippen molar-refractivity contribution in [1.29, 1.82) is 0 Å². The highest BCUT2D eigenvalue weighted by Gasteiger charge is 2.34. The predicted octanol–water partition coefficient (Wildman–Crippen LogP) is 1.44. The lowest BCUT2D eigenvalue weighted by molar-refractivity contribution is -0.120. The molecule has 2 saturated heterocycles. The van der Waals surface area contributed by atoms with E-state index in [2.05, 4.69) is 15.2 Å². The fraction of sp³-hybridized carbons (Fsp3) is 0.682. The third-order valence-electron chi connectivity index (χ3n) is 5.99. The largest absolute Gasteiger partial charge is 0.478 e. The topological polar surface area (TPSA) is 95.0 Å². The summed E-state index contributed by atoms with van der Waals surface area (Å²) in [5.41, 5.74) is -0.239. The molecule has 3 heterocycles. The molecule has 3 rings (SSSR count). The Balaban J connectivity index is 1.51. The van der Waals surface area contributed by atoms with Gasteiger partial charge in [0, 0.05) is 58.0 Å². The zero-order valence-electron chi connectivity index (χ0n) is 18.1. The van der Waals surface area contributed by atoms with Gasteiger partial charge in [0.2, 0.25) is 11.8 Å². The minimum absolute atomic E-state index is 0.0170. The highest BCUT2D eigenvalue weighted by molar-refractivity contribution is 5.94. The fourth-order valence-electron chi connectivity index (χ4n) is 4.40. The second-order valence-corrected chi connectivity index (χ2v) is 8.44. The quantitative estimate of drug-likeness (QED) is 0.726. The molecule has 1 aromatic rings. The van der Waals surface area contributed by atoms with Gasteiger partial charge in [0.05, 0.1) is 17.8 Å². The van der Waals surface area contributed by atoms with Crippen LogP contribution in [0, 0.1) is 0 Å². The molecule has 0 saturated carbocycles. The molecule has 30 heavy (non-hydrogen) atoms. The number of likely N-dealkylation sites (tertiary alicyclic amines) is 2. The first-order valence-electron chi connectivity index (χ1n) is 11.0. The number of nitrogens with one attached hydrogen (secondary N) is 1. The molecule has 8 nitrogen and oxygen atoms in total. The van der Waals surface area contributed by atoms with Crippen LogP contribution >= 0.6 is 0 Å². The first-order chi connectivity index (χ1) is 14.4. The Morgan fingerprint density at radius 1 is 1.23 bits per heavy atom. The lowest BCUT2D eigenvalue weighted by Crippen LogP contribution is -2.50. The number of piperidine rings is 1. The summed E-state index contributed by atoms with van der Waals surface area (Å²) in [6.45, 7) is 7.51. The van der Waals surface area contributed by atoms with Crippen molar-refractivity contribution < 1.29 is 19.4 Å². The van der Waals surface area contributed by atoms with E-state index in [1.54, 1.807) is 25.3 Å². The van der Waals surface area contributed by atoms with E-state index >= 15 is 0 Å². The van der Waals surface area contributed by atoms with Crippen LogP contribution in [0.3, 0.4) is 0 Å². The third kappa shape index (κ3) is 6.15. The van der Waals surface area contributed by atoms with Gasteiger partial charge in [-0.15, -0.1) is 0 Å². The Hall–Kier alpha value is -2.19. The lowest BCUT2D eigenvalue weighted by atomic mass is 9.93. The molecule has 0 bridgehead atoms. The van der Waals surface area contributed by atoms with Crippen molar-refractivity contribution in [3.05, 3.63) is 23.9 Å². The number of hydrogen-bond acceptors (Lipinski definition) is 6. The van der Waals surface area contributed by atoms with Crippen LogP contribution in [0.2, 0.25) is 0 Å². The highest BCUT2D eigenvalue weighted by atomic mass is 16.5. The van der Waals surface area contributed by atoms with E-state index in [1.807, 2.05) is 11.8 Å². The molecular formula is C22H34N4O4. The number of carbonyl (C=O) groups is 2. The number of β-amino-alcohol motifs (C(OH)–C–C–N with tert-alkyl or cyclic N) is 1. The minimum Gasteiger partial charge on any atom is -0.478 e. The van der Waals surface area contributed by atoms with Crippen molar-refractivity contribution in [2.24, 2.45) is 0 Å². The molecule has 0 spiro atoms. The van der Waals surface area contributed by atoms with Crippen molar-refractivity contribution in [3.63, 3.8) is 0 Å². The van der Waals surface area contributed by atoms with Gasteiger partial charge in [0.1, 0.15) is 0 Å². The van der Waals surface area contributed by atoms with Crippen LogP contribution < -0.4 is 10.1 Å². The zero-order chi connectivity index (χ0) is 21.6. The highest BCUT2D eigenvalue weighted by Crippen LogP contribution is 2.26. The summed E-state index contributed by atoms with van der Waals surface area (Å²) in [5.74, 6) is 0.482. The molecule has 2 N–H and O–H groups in total. The second kappa shape index (κ2) is 10.2. The summed E-state index contributed by atoms with van der Waals surface area (Å²) in [5, 5.41) is 14.2. The molecule has 0 unspecified atom stereocenters. The number of amides is 2. The Labute approximate surface area is 178 Å². The SMILES string of the molecule is CCOc1ccc(C(=O)N2CCC[C@](O)(CN3CCC(NC(C)=O)CC3)CC2)cn1. The monoisotopic (exact) mass is 418 g/mol. The van der Waals surface area contributed by atoms with Crippen LogP contribution in [0.4, 0.5) is 0 Å². The van der Waals surface area contributed by atoms with Gasteiger partial charge in [0.15, 0.2) is 0 Å². The van der Waals surface area contributed by atoms with Crippen LogP contribution in [0.1, 0.15) is 56.3 Å². The number of aromatic nitrogens is 1. The van der Waals surface area contributed by atoms with Crippen molar-refractivity contribution in [2.45, 2.75) is 57.6 Å². The average molecular weight is 419 g/mol. The molecule has 8 heteroatoms. The van der Waals surface area contributed by atoms with Gasteiger partial charge in [-0.25, -0.2) is 4.98 Å². The Morgan fingerprint density at radius 3 is 2.63 bits per heavy atom. The van der Waals surface area contributed by atoms with Gasteiger partial charge in [-0.1, -0.05) is 0 Å². The maximum absolute atomic E-state index is 12.9. The van der Waals surface area contributed by atoms with Gasteiger partial charge < -0.3 is 25.0 Å². The van der Waals surface area contributed by atoms with Crippen LogP contribution in [0.15, 0.2) is 18.3 Å². The van der Waals surface area contributed by atoms with Crippen LogP contribution in [0.25, 0.3) is 0 Å². The molecular weight excluding hydrogens is 384 g/mol. The first kappa shape index (κ1) is 22.5. The fourth-order valence-corrected chi connectivity index (χ4v) is 4.40. The smallest absolute Gasteiger partial charge is 0.255 e. The lowest BCUT2D eigenvalue weighted by Gasteiger charge is -2.38. The zero-order valence-corrected chi connectivity index (χ0v) is 18.1. The maximum atomic E-state index is 12.9. The molecule has 0 aromatic carbocycles. The van der Waals surface area contributed by atoms with E-state index in [9.17, 15) is 14.7 Å². The van der Waals surface area contributed by atoms with Crippen molar-refractivity contribution in [2.75, 3.05) is 39.3 Å². The van der Waals surface area contributed by atoms with E-state index < -0.39 is 5.60 Å². The summed E-state index contributed by atoms with van der Waals surface area (Å²) >= 11 is 0.